The van der Waals surface area contributed by atoms with Crippen LogP contribution in [0.1, 0.15) is 12.0 Å². The van der Waals surface area contributed by atoms with Crippen molar-refractivity contribution in [1.29, 1.82) is 0 Å². The average molecular weight is 167 g/mol. The van der Waals surface area contributed by atoms with E-state index in [4.69, 9.17) is 15.3 Å². The van der Waals surface area contributed by atoms with E-state index in [-0.39, 0.29) is 6.29 Å². The first-order chi connectivity index (χ1) is 5.88. The predicted molar refractivity (Wildman–Crippen MR) is 41.4 cm³/mol. The van der Waals surface area contributed by atoms with Gasteiger partial charge in [0.2, 0.25) is 6.29 Å². The molecule has 2 N–H and O–H groups in total. The fourth-order valence-corrected chi connectivity index (χ4v) is 1.20. The molecule has 0 radical (unpaired) electrons. The minimum Gasteiger partial charge on any atom is -0.341 e. The molecular weight excluding hydrogens is 156 g/mol. The minimum absolute atomic E-state index is 0.295. The number of hydrogen-bond donors (Lipinski definition) is 1. The van der Waals surface area contributed by atoms with Crippen molar-refractivity contribution in [3.63, 3.8) is 0 Å². The molecule has 1 aliphatic rings. The summed E-state index contributed by atoms with van der Waals surface area (Å²) in [6.45, 7) is 1.28. The molecule has 1 aliphatic heterocycles. The zero-order valence-electron chi connectivity index (χ0n) is 6.64. The lowest BCUT2D eigenvalue weighted by atomic mass is 10.3. The first-order valence-electron chi connectivity index (χ1n) is 3.87. The first kappa shape index (κ1) is 7.52. The minimum atomic E-state index is -0.295. The maximum absolute atomic E-state index is 5.66. The summed E-state index contributed by atoms with van der Waals surface area (Å²) in [5, 5.41) is 0. The van der Waals surface area contributed by atoms with Crippen molar-refractivity contribution >= 4 is 0 Å². The van der Waals surface area contributed by atoms with Gasteiger partial charge in [-0.3, -0.25) is 0 Å². The van der Waals surface area contributed by atoms with Crippen LogP contribution in [-0.4, -0.2) is 13.2 Å². The van der Waals surface area contributed by atoms with E-state index in [1.807, 2.05) is 18.2 Å². The summed E-state index contributed by atoms with van der Waals surface area (Å²) in [5.41, 5.74) is 0.843. The highest BCUT2D eigenvalue weighted by atomic mass is 16.7. The number of ether oxygens (including phenoxy) is 2. The molecule has 0 saturated carbocycles. The Hall–Kier alpha value is -1.13. The second-order valence-corrected chi connectivity index (χ2v) is 2.61. The Kier molecular flexibility index (Phi) is 1.93. The van der Waals surface area contributed by atoms with E-state index in [0.29, 0.717) is 13.2 Å². The van der Waals surface area contributed by atoms with Crippen LogP contribution in [0.3, 0.4) is 0 Å². The number of nitrogens with zero attached hydrogens (tertiary/aromatic N) is 1. The summed E-state index contributed by atoms with van der Waals surface area (Å²) in [4.78, 5) is 0. The van der Waals surface area contributed by atoms with Crippen LogP contribution in [0.25, 0.3) is 0 Å². The van der Waals surface area contributed by atoms with Gasteiger partial charge in [-0.05, 0) is 6.07 Å². The van der Waals surface area contributed by atoms with Crippen molar-refractivity contribution in [3.05, 3.63) is 30.1 Å². The van der Waals surface area contributed by atoms with E-state index in [0.717, 1.165) is 5.69 Å². The number of pyridine rings is 1. The lowest BCUT2D eigenvalue weighted by Crippen LogP contribution is -2.48. The van der Waals surface area contributed by atoms with Gasteiger partial charge in [-0.25, -0.2) is 5.84 Å². The lowest BCUT2D eigenvalue weighted by molar-refractivity contribution is -0.654. The summed E-state index contributed by atoms with van der Waals surface area (Å²) in [7, 11) is 0. The molecular formula is C8H11N2O2+. The van der Waals surface area contributed by atoms with Crippen molar-refractivity contribution < 1.29 is 14.1 Å². The van der Waals surface area contributed by atoms with E-state index in [1.165, 1.54) is 4.68 Å². The fourth-order valence-electron chi connectivity index (χ4n) is 1.20. The molecule has 1 aromatic heterocycles. The Labute approximate surface area is 70.5 Å². The van der Waals surface area contributed by atoms with Crippen LogP contribution in [0.5, 0.6) is 0 Å². The molecule has 4 nitrogen and oxygen atoms in total. The van der Waals surface area contributed by atoms with Crippen LogP contribution in [0.15, 0.2) is 24.4 Å². The molecule has 0 aromatic carbocycles. The van der Waals surface area contributed by atoms with Gasteiger partial charge in [-0.1, -0.05) is 4.68 Å². The van der Waals surface area contributed by atoms with E-state index < -0.39 is 0 Å². The number of hydrogen-bond acceptors (Lipinski definition) is 3. The molecule has 2 rings (SSSR count). The second-order valence-electron chi connectivity index (χ2n) is 2.61. The van der Waals surface area contributed by atoms with Crippen LogP contribution in [0.4, 0.5) is 0 Å². The smallest absolute Gasteiger partial charge is 0.267 e. The normalized spacial score (nSPS) is 18.3. The molecule has 0 bridgehead atoms. The van der Waals surface area contributed by atoms with Crippen molar-refractivity contribution in [2.45, 2.75) is 6.29 Å². The summed E-state index contributed by atoms with van der Waals surface area (Å²) in [6, 6.07) is 5.65. The third-order valence-electron chi connectivity index (χ3n) is 1.79. The number of rotatable bonds is 1. The Balaban J connectivity index is 2.26. The topological polar surface area (TPSA) is 48.4 Å². The van der Waals surface area contributed by atoms with Crippen LogP contribution in [0, 0.1) is 0 Å². The van der Waals surface area contributed by atoms with Gasteiger partial charge < -0.3 is 9.47 Å². The van der Waals surface area contributed by atoms with E-state index in [1.54, 1.807) is 6.20 Å². The van der Waals surface area contributed by atoms with Crippen molar-refractivity contribution in [1.82, 2.24) is 0 Å². The molecule has 0 spiro atoms. The summed E-state index contributed by atoms with van der Waals surface area (Å²) < 4.78 is 12.1. The van der Waals surface area contributed by atoms with Gasteiger partial charge >= 0.3 is 0 Å². The van der Waals surface area contributed by atoms with Gasteiger partial charge in [0.05, 0.1) is 13.2 Å². The Morgan fingerprint density at radius 2 is 2.08 bits per heavy atom. The third kappa shape index (κ3) is 1.26. The number of nitrogens with two attached hydrogens (primary N) is 1. The maximum Gasteiger partial charge on any atom is 0.267 e. The molecule has 2 heterocycles. The van der Waals surface area contributed by atoms with E-state index >= 15 is 0 Å². The molecule has 0 atom stereocenters. The zero-order valence-corrected chi connectivity index (χ0v) is 6.64. The van der Waals surface area contributed by atoms with Crippen LogP contribution in [0.2, 0.25) is 0 Å². The highest BCUT2D eigenvalue weighted by molar-refractivity contribution is 4.99. The molecule has 1 fully saturated rings. The van der Waals surface area contributed by atoms with E-state index in [9.17, 15) is 0 Å². The predicted octanol–water partition coefficient (Wildman–Crippen LogP) is -0.267. The molecule has 0 unspecified atom stereocenters. The van der Waals surface area contributed by atoms with Gasteiger partial charge in [0.25, 0.3) is 5.69 Å². The largest absolute Gasteiger partial charge is 0.341 e. The van der Waals surface area contributed by atoms with Gasteiger partial charge in [-0.2, -0.15) is 0 Å². The van der Waals surface area contributed by atoms with Crippen molar-refractivity contribution in [2.75, 3.05) is 19.1 Å². The van der Waals surface area contributed by atoms with Crippen molar-refractivity contribution in [3.8, 4) is 0 Å². The number of aromatic nitrogens is 1. The standard InChI is InChI=1S/C8H11N2O2/c9-10-4-2-1-3-7(10)8-11-5-6-12-8/h1-4,8H,5-6,9H2/q+1. The molecule has 1 saturated heterocycles. The van der Waals surface area contributed by atoms with Crippen LogP contribution >= 0.6 is 0 Å². The highest BCUT2D eigenvalue weighted by Crippen LogP contribution is 2.18. The Morgan fingerprint density at radius 1 is 1.33 bits per heavy atom. The molecule has 1 aromatic rings. The summed E-state index contributed by atoms with van der Waals surface area (Å²) >= 11 is 0. The van der Waals surface area contributed by atoms with Gasteiger partial charge in [0, 0.05) is 12.1 Å². The third-order valence-corrected chi connectivity index (χ3v) is 1.79. The average Bonchev–Trinajstić information content (AvgIpc) is 2.57. The Bertz CT molecular complexity index is 272. The maximum atomic E-state index is 5.66. The summed E-state index contributed by atoms with van der Waals surface area (Å²) in [5.74, 6) is 5.66. The first-order valence-corrected chi connectivity index (χ1v) is 3.87. The van der Waals surface area contributed by atoms with Gasteiger partial charge in [0.1, 0.15) is 0 Å². The molecule has 12 heavy (non-hydrogen) atoms. The van der Waals surface area contributed by atoms with Crippen LogP contribution < -0.4 is 10.5 Å². The molecule has 64 valence electrons. The molecule has 0 aliphatic carbocycles. The van der Waals surface area contributed by atoms with E-state index in [2.05, 4.69) is 0 Å². The monoisotopic (exact) mass is 167 g/mol. The molecule has 4 heteroatoms. The Morgan fingerprint density at radius 3 is 2.75 bits per heavy atom. The lowest BCUT2D eigenvalue weighted by Gasteiger charge is -2.04. The zero-order chi connectivity index (χ0) is 8.39. The quantitative estimate of drug-likeness (QED) is 0.463. The van der Waals surface area contributed by atoms with Gasteiger partial charge in [0.15, 0.2) is 6.20 Å². The summed E-state index contributed by atoms with van der Waals surface area (Å²) in [6.07, 6.45) is 1.47. The second kappa shape index (κ2) is 3.08. The number of nitrogen functional groups attached to an aromatic ring is 1. The van der Waals surface area contributed by atoms with Crippen molar-refractivity contribution in [2.24, 2.45) is 0 Å². The van der Waals surface area contributed by atoms with Crippen LogP contribution in [-0.2, 0) is 9.47 Å². The fraction of sp³-hybridized carbons (Fsp3) is 0.375. The highest BCUT2D eigenvalue weighted by Gasteiger charge is 2.26. The SMILES string of the molecule is N[n+]1ccccc1C1OCCO1. The molecule has 0 amide bonds. The van der Waals surface area contributed by atoms with Gasteiger partial charge in [-0.15, -0.1) is 0 Å².